The van der Waals surface area contributed by atoms with Crippen LogP contribution in [0.4, 0.5) is 99.5 Å². The van der Waals surface area contributed by atoms with Gasteiger partial charge in [0, 0.05) is 41.0 Å². The number of carbonyl (C=O) groups is 2. The third kappa shape index (κ3) is 20.6. The molecular weight excluding hydrogens is 1430 g/mol. The molecule has 103 heavy (non-hydrogen) atoms. The minimum atomic E-state index is -4.53. The van der Waals surface area contributed by atoms with Gasteiger partial charge in [-0.3, -0.25) is 40.5 Å². The first kappa shape index (κ1) is 75.4. The zero-order valence-corrected chi connectivity index (χ0v) is 52.0. The third-order valence-corrected chi connectivity index (χ3v) is 13.7. The SMILES string of the molecule is Nc1ncn(-c2cccc(C(F)(F)F)c2)n1.O=C(Nc1ncn(-c2cccc(C(F)(F)F)c2)n1)c1cc(Cl)ccc1[N+](=O)[O-].O=C(Nc1ncn(-c2cccc(C(F)(F)F)c2)n1)c1cc(N2CCCCC2)ccc1[N+](=O)[O-].O=[N+]([O-])c1ncn(-c2cccc(C(F)(F)F)c2)n1.O=[N+]([O-])c1ncn[nH]1. The van der Waals surface area contributed by atoms with Crippen LogP contribution in [-0.4, -0.2) is 119 Å². The molecule has 1 saturated heterocycles. The van der Waals surface area contributed by atoms with Crippen LogP contribution < -0.4 is 21.3 Å². The fourth-order valence-electron chi connectivity index (χ4n) is 8.74. The summed E-state index contributed by atoms with van der Waals surface area (Å²) in [7, 11) is 0. The summed E-state index contributed by atoms with van der Waals surface area (Å²) in [5.41, 5.74) is 1.81. The number of nitrogens with one attached hydrogen (secondary N) is 3. The van der Waals surface area contributed by atoms with Gasteiger partial charge in [-0.25, -0.2) is 19.0 Å². The van der Waals surface area contributed by atoms with E-state index in [9.17, 15) is 103 Å². The molecule has 1 aliphatic rings. The van der Waals surface area contributed by atoms with Crippen LogP contribution in [0.1, 0.15) is 62.2 Å². The summed E-state index contributed by atoms with van der Waals surface area (Å²) < 4.78 is 156. The minimum absolute atomic E-state index is 0.0115. The Morgan fingerprint density at radius 1 is 0.456 bits per heavy atom. The molecule has 5 N–H and O–H groups in total. The second kappa shape index (κ2) is 32.1. The molecule has 33 nitrogen and oxygen atoms in total. The van der Waals surface area contributed by atoms with Gasteiger partial charge in [-0.1, -0.05) is 50.9 Å². The monoisotopic (exact) mass is 1470 g/mol. The highest BCUT2D eigenvalue weighted by Crippen LogP contribution is 2.35. The molecule has 46 heteroatoms. The van der Waals surface area contributed by atoms with Crippen LogP contribution in [0, 0.1) is 40.5 Å². The number of aromatic nitrogens is 15. The van der Waals surface area contributed by atoms with Crippen LogP contribution in [0.2, 0.25) is 5.02 Å². The van der Waals surface area contributed by atoms with E-state index in [1.165, 1.54) is 77.7 Å². The molecule has 0 aliphatic carbocycles. The summed E-state index contributed by atoms with van der Waals surface area (Å²) >= 11 is 5.77. The molecular formula is C57H42ClF12N23O10. The molecule has 1 fully saturated rings. The molecule has 536 valence electrons. The molecule has 0 saturated carbocycles. The van der Waals surface area contributed by atoms with Gasteiger partial charge >= 0.3 is 36.6 Å². The van der Waals surface area contributed by atoms with Crippen molar-refractivity contribution in [2.75, 3.05) is 34.4 Å². The number of anilines is 4. The predicted molar refractivity (Wildman–Crippen MR) is 333 cm³/mol. The maximum Gasteiger partial charge on any atom is 0.491 e. The van der Waals surface area contributed by atoms with Crippen molar-refractivity contribution in [1.29, 1.82) is 0 Å². The predicted octanol–water partition coefficient (Wildman–Crippen LogP) is 12.3. The van der Waals surface area contributed by atoms with Crippen molar-refractivity contribution in [3.8, 4) is 22.7 Å². The lowest BCUT2D eigenvalue weighted by atomic mass is 10.1. The van der Waals surface area contributed by atoms with Crippen molar-refractivity contribution in [2.45, 2.75) is 44.0 Å². The van der Waals surface area contributed by atoms with Crippen molar-refractivity contribution in [3.05, 3.63) is 244 Å². The van der Waals surface area contributed by atoms with Crippen molar-refractivity contribution >= 4 is 70.2 Å². The van der Waals surface area contributed by atoms with Crippen LogP contribution in [0.5, 0.6) is 0 Å². The Morgan fingerprint density at radius 3 is 1.21 bits per heavy atom. The summed E-state index contributed by atoms with van der Waals surface area (Å²) in [5.74, 6) is -3.13. The second-order valence-electron chi connectivity index (χ2n) is 20.4. The number of amides is 2. The number of hydrogen-bond donors (Lipinski definition) is 4. The fraction of sp³-hybridized carbons (Fsp3) is 0.158. The van der Waals surface area contributed by atoms with Crippen molar-refractivity contribution in [1.82, 2.24) is 74.2 Å². The van der Waals surface area contributed by atoms with E-state index in [0.29, 0.717) is 5.69 Å². The first-order valence-electron chi connectivity index (χ1n) is 28.4. The van der Waals surface area contributed by atoms with Crippen LogP contribution in [0.25, 0.3) is 22.7 Å². The molecule has 0 atom stereocenters. The van der Waals surface area contributed by atoms with Gasteiger partial charge < -0.3 is 30.9 Å². The number of nitrogens with zero attached hydrogens (tertiary/aromatic N) is 19. The van der Waals surface area contributed by atoms with E-state index in [4.69, 9.17) is 17.3 Å². The van der Waals surface area contributed by atoms with Gasteiger partial charge in [-0.05, 0) is 126 Å². The number of aromatic amines is 1. The van der Waals surface area contributed by atoms with Crippen molar-refractivity contribution in [2.24, 2.45) is 0 Å². The number of alkyl halides is 12. The molecule has 2 amide bonds. The highest BCUT2D eigenvalue weighted by atomic mass is 35.5. The fourth-order valence-corrected chi connectivity index (χ4v) is 8.91. The zero-order valence-electron chi connectivity index (χ0n) is 51.2. The second-order valence-corrected chi connectivity index (χ2v) is 20.8. The summed E-state index contributed by atoms with van der Waals surface area (Å²) in [6, 6.07) is 25.6. The number of rotatable bonds is 13. The number of H-pyrrole nitrogens is 1. The summed E-state index contributed by atoms with van der Waals surface area (Å²) in [5, 5.41) is 67.7. The quantitative estimate of drug-likeness (QED) is 0.0473. The van der Waals surface area contributed by atoms with E-state index in [2.05, 4.69) is 71.0 Å². The van der Waals surface area contributed by atoms with Crippen LogP contribution in [0.3, 0.4) is 0 Å². The van der Waals surface area contributed by atoms with Gasteiger partial charge in [0.25, 0.3) is 23.2 Å². The lowest BCUT2D eigenvalue weighted by molar-refractivity contribution is -0.394. The smallest absolute Gasteiger partial charge is 0.390 e. The summed E-state index contributed by atoms with van der Waals surface area (Å²) in [6.07, 6.45) is -9.25. The van der Waals surface area contributed by atoms with Gasteiger partial charge in [0.05, 0.1) is 54.8 Å². The van der Waals surface area contributed by atoms with Crippen LogP contribution in [0.15, 0.2) is 165 Å². The summed E-state index contributed by atoms with van der Waals surface area (Å²) in [6.45, 7) is 1.59. The number of piperidine rings is 1. The first-order chi connectivity index (χ1) is 48.5. The van der Waals surface area contributed by atoms with Gasteiger partial charge in [-0.15, -0.1) is 25.1 Å². The normalized spacial score (nSPS) is 12.1. The molecule has 0 bridgehead atoms. The van der Waals surface area contributed by atoms with Crippen molar-refractivity contribution in [3.63, 3.8) is 0 Å². The Morgan fingerprint density at radius 2 is 0.854 bits per heavy atom. The maximum absolute atomic E-state index is 13.0. The van der Waals surface area contributed by atoms with E-state index in [-0.39, 0.29) is 68.4 Å². The van der Waals surface area contributed by atoms with Crippen LogP contribution >= 0.6 is 11.6 Å². The lowest BCUT2D eigenvalue weighted by Gasteiger charge is -2.29. The molecule has 1 aliphatic heterocycles. The number of nitrogens with two attached hydrogens (primary N) is 1. The highest BCUT2D eigenvalue weighted by Gasteiger charge is 2.34. The molecule has 6 heterocycles. The van der Waals surface area contributed by atoms with Crippen molar-refractivity contribution < 1.29 is 82.0 Å². The zero-order chi connectivity index (χ0) is 75.1. The van der Waals surface area contributed by atoms with Gasteiger partial charge in [-0.2, -0.15) is 62.7 Å². The molecule has 12 rings (SSSR count). The molecule has 0 unspecified atom stereocenters. The Labute approximate surface area is 569 Å². The maximum atomic E-state index is 13.0. The molecule has 5 aromatic heterocycles. The number of carbonyl (C=O) groups excluding carboxylic acids is 2. The molecule has 11 aromatic rings. The average molecular weight is 1470 g/mol. The van der Waals surface area contributed by atoms with Crippen LogP contribution in [-0.2, 0) is 24.7 Å². The number of nitro benzene ring substituents is 2. The Kier molecular flexibility index (Phi) is 23.5. The number of nitrogen functional groups attached to an aromatic ring is 1. The Bertz CT molecular complexity index is 4850. The van der Waals surface area contributed by atoms with E-state index >= 15 is 0 Å². The molecule has 6 aromatic carbocycles. The highest BCUT2D eigenvalue weighted by molar-refractivity contribution is 6.31. The van der Waals surface area contributed by atoms with E-state index in [1.807, 2.05) is 0 Å². The van der Waals surface area contributed by atoms with E-state index in [0.717, 1.165) is 132 Å². The third-order valence-electron chi connectivity index (χ3n) is 13.5. The largest absolute Gasteiger partial charge is 0.491 e. The number of benzene rings is 6. The first-order valence-corrected chi connectivity index (χ1v) is 28.8. The van der Waals surface area contributed by atoms with Gasteiger partial charge in [0.1, 0.15) is 30.1 Å². The Hall–Kier alpha value is -13.4. The molecule has 0 radical (unpaired) electrons. The number of hydrogen-bond acceptors (Lipinski definition) is 22. The summed E-state index contributed by atoms with van der Waals surface area (Å²) in [4.78, 5) is 84.8. The minimum Gasteiger partial charge on any atom is -0.390 e. The van der Waals surface area contributed by atoms with Gasteiger partial charge in [0.2, 0.25) is 30.5 Å². The standard InChI is InChI=1S/C21H19F3N6O3.C16H9ClF3N5O3.C9H5F3N4O2.C9H7F3N4.C2H2N4O2/c22-21(23,24)14-5-4-6-16(11-14)29-13-25-20(27-29)26-19(31)17-12-15(7-8-18(17)30(32)33)28-9-2-1-3-10-28;17-10-4-5-13(25(27)28)12(7-10)14(26)22-15-21-8-24(23-15)11-3-1-2-9(6-11)16(18,19)20;10-9(11,12)6-2-1-3-7(4-6)15-5-13-8(14-15)16(17)18;10-9(11,12)6-2-1-3-7(4-6)16-5-14-8(13)15-16;7-6(8)2-3-1-4-5-2/h4-8,11-13H,1-3,9-10H2,(H,26,27,31);1-8H,(H,22,23,26);1-5H;1-5H,(H2,13,15);1H,(H,3,4,5). The average Bonchev–Trinajstić information content (AvgIpc) is 1.78. The van der Waals surface area contributed by atoms with E-state index in [1.54, 1.807) is 6.07 Å². The molecule has 0 spiro atoms. The number of halogens is 13. The lowest BCUT2D eigenvalue weighted by Crippen LogP contribution is -2.29. The number of nitro groups is 4. The topological polar surface area (TPSA) is 424 Å². The van der Waals surface area contributed by atoms with Gasteiger partial charge in [0.15, 0.2) is 0 Å². The van der Waals surface area contributed by atoms with E-state index < -0.39 is 90.1 Å². The Balaban J connectivity index is 0.000000173.